The Labute approximate surface area is 168 Å². The Balaban J connectivity index is 1.60. The molecular formula is C20H21ClFN3OS. The lowest BCUT2D eigenvalue weighted by Crippen LogP contribution is -2.34. The fraction of sp³-hybridized carbons (Fsp3) is 0.300. The molecule has 142 valence electrons. The van der Waals surface area contributed by atoms with Crippen molar-refractivity contribution in [3.8, 4) is 0 Å². The van der Waals surface area contributed by atoms with Gasteiger partial charge >= 0.3 is 0 Å². The Bertz CT molecular complexity index is 836. The molecule has 0 atom stereocenters. The van der Waals surface area contributed by atoms with Gasteiger partial charge in [0.15, 0.2) is 5.11 Å². The van der Waals surface area contributed by atoms with Crippen LogP contribution in [0.3, 0.4) is 0 Å². The van der Waals surface area contributed by atoms with Crippen molar-refractivity contribution in [3.63, 3.8) is 0 Å². The molecule has 1 amide bonds. The first kappa shape index (κ1) is 19.6. The number of hydrogen-bond acceptors (Lipinski definition) is 3. The number of hydrogen-bond donors (Lipinski definition) is 2. The molecule has 1 heterocycles. The van der Waals surface area contributed by atoms with Gasteiger partial charge in [-0.2, -0.15) is 0 Å². The van der Waals surface area contributed by atoms with Crippen LogP contribution in [0.2, 0.25) is 5.02 Å². The molecule has 27 heavy (non-hydrogen) atoms. The normalized spacial score (nSPS) is 14.7. The Kier molecular flexibility index (Phi) is 6.29. The number of anilines is 2. The summed E-state index contributed by atoms with van der Waals surface area (Å²) in [5.41, 5.74) is 2.03. The zero-order chi connectivity index (χ0) is 19.4. The minimum absolute atomic E-state index is 0.153. The third-order valence-electron chi connectivity index (χ3n) is 4.66. The average molecular weight is 406 g/mol. The second-order valence-electron chi connectivity index (χ2n) is 6.75. The minimum atomic E-state index is -0.405. The standard InChI is InChI=1S/C20H21ClFN3OS/c1-13-8-10-25(11-9-13)18-7-6-16(12-17(18)21)23-20(27)24-19(26)14-2-4-15(22)5-3-14/h2-7,12-13H,8-11H2,1H3,(H2,23,24,26,27). The summed E-state index contributed by atoms with van der Waals surface area (Å²) in [6.07, 6.45) is 2.33. The van der Waals surface area contributed by atoms with Crippen molar-refractivity contribution in [1.82, 2.24) is 5.32 Å². The number of benzene rings is 2. The van der Waals surface area contributed by atoms with Crippen molar-refractivity contribution in [1.29, 1.82) is 0 Å². The van der Waals surface area contributed by atoms with Gasteiger partial charge in [0.1, 0.15) is 5.82 Å². The highest BCUT2D eigenvalue weighted by atomic mass is 35.5. The number of halogens is 2. The Morgan fingerprint density at radius 2 is 1.85 bits per heavy atom. The average Bonchev–Trinajstić information content (AvgIpc) is 2.63. The second kappa shape index (κ2) is 8.67. The fourth-order valence-electron chi connectivity index (χ4n) is 3.03. The number of carbonyl (C=O) groups is 1. The highest BCUT2D eigenvalue weighted by molar-refractivity contribution is 7.80. The van der Waals surface area contributed by atoms with Gasteiger partial charge in [-0.3, -0.25) is 10.1 Å². The molecule has 7 heteroatoms. The number of rotatable bonds is 3. The van der Waals surface area contributed by atoms with E-state index in [1.165, 1.54) is 24.3 Å². The number of piperidine rings is 1. The van der Waals surface area contributed by atoms with E-state index in [4.69, 9.17) is 23.8 Å². The summed E-state index contributed by atoms with van der Waals surface area (Å²) in [6, 6.07) is 10.9. The Morgan fingerprint density at radius 1 is 1.19 bits per heavy atom. The molecule has 1 aliphatic rings. The predicted octanol–water partition coefficient (Wildman–Crippen LogP) is 4.84. The molecule has 0 aromatic heterocycles. The van der Waals surface area contributed by atoms with E-state index >= 15 is 0 Å². The van der Waals surface area contributed by atoms with Gasteiger partial charge in [-0.25, -0.2) is 4.39 Å². The quantitative estimate of drug-likeness (QED) is 0.717. The van der Waals surface area contributed by atoms with Crippen LogP contribution in [0, 0.1) is 11.7 Å². The van der Waals surface area contributed by atoms with E-state index in [0.29, 0.717) is 16.3 Å². The minimum Gasteiger partial charge on any atom is -0.370 e. The summed E-state index contributed by atoms with van der Waals surface area (Å²) in [6.45, 7) is 4.27. The summed E-state index contributed by atoms with van der Waals surface area (Å²) in [4.78, 5) is 14.4. The zero-order valence-electron chi connectivity index (χ0n) is 15.0. The van der Waals surface area contributed by atoms with Crippen molar-refractivity contribution < 1.29 is 9.18 Å². The maximum atomic E-state index is 12.9. The van der Waals surface area contributed by atoms with E-state index in [9.17, 15) is 9.18 Å². The molecule has 0 bridgehead atoms. The third-order valence-corrected chi connectivity index (χ3v) is 5.17. The van der Waals surface area contributed by atoms with Crippen LogP contribution in [0.15, 0.2) is 42.5 Å². The molecule has 0 radical (unpaired) electrons. The molecule has 2 aromatic rings. The molecule has 4 nitrogen and oxygen atoms in total. The lowest BCUT2D eigenvalue weighted by molar-refractivity contribution is 0.0977. The SMILES string of the molecule is CC1CCN(c2ccc(NC(=S)NC(=O)c3ccc(F)cc3)cc2Cl)CC1. The van der Waals surface area contributed by atoms with Crippen molar-refractivity contribution in [2.45, 2.75) is 19.8 Å². The topological polar surface area (TPSA) is 44.4 Å². The van der Waals surface area contributed by atoms with Gasteiger partial charge in [0.05, 0.1) is 10.7 Å². The van der Waals surface area contributed by atoms with Crippen molar-refractivity contribution in [3.05, 3.63) is 58.9 Å². The van der Waals surface area contributed by atoms with Crippen LogP contribution in [0.4, 0.5) is 15.8 Å². The van der Waals surface area contributed by atoms with Crippen LogP contribution >= 0.6 is 23.8 Å². The van der Waals surface area contributed by atoms with Crippen molar-refractivity contribution in [2.75, 3.05) is 23.3 Å². The first-order valence-electron chi connectivity index (χ1n) is 8.85. The molecule has 1 saturated heterocycles. The van der Waals surface area contributed by atoms with E-state index in [1.54, 1.807) is 6.07 Å². The van der Waals surface area contributed by atoms with E-state index in [-0.39, 0.29) is 5.11 Å². The second-order valence-corrected chi connectivity index (χ2v) is 7.57. The fourth-order valence-corrected chi connectivity index (χ4v) is 3.54. The molecule has 1 fully saturated rings. The first-order valence-corrected chi connectivity index (χ1v) is 9.63. The Hall–Kier alpha value is -2.18. The van der Waals surface area contributed by atoms with E-state index < -0.39 is 11.7 Å². The highest BCUT2D eigenvalue weighted by Gasteiger charge is 2.18. The van der Waals surface area contributed by atoms with E-state index in [2.05, 4.69) is 22.5 Å². The van der Waals surface area contributed by atoms with E-state index in [0.717, 1.165) is 37.5 Å². The predicted molar refractivity (Wildman–Crippen MR) is 112 cm³/mol. The van der Waals surface area contributed by atoms with Gasteiger partial charge in [-0.05, 0) is 73.4 Å². The zero-order valence-corrected chi connectivity index (χ0v) is 16.5. The number of nitrogens with one attached hydrogen (secondary N) is 2. The van der Waals surface area contributed by atoms with Crippen molar-refractivity contribution >= 4 is 46.2 Å². The molecule has 2 N–H and O–H groups in total. The lowest BCUT2D eigenvalue weighted by atomic mass is 9.99. The van der Waals surface area contributed by atoms with Crippen LogP contribution in [-0.4, -0.2) is 24.1 Å². The summed E-state index contributed by atoms with van der Waals surface area (Å²) < 4.78 is 12.9. The summed E-state index contributed by atoms with van der Waals surface area (Å²) in [7, 11) is 0. The molecule has 3 rings (SSSR count). The summed E-state index contributed by atoms with van der Waals surface area (Å²) in [5, 5.41) is 6.32. The largest absolute Gasteiger partial charge is 0.370 e. The third kappa shape index (κ3) is 5.17. The molecule has 0 aliphatic carbocycles. The van der Waals surface area contributed by atoms with Crippen LogP contribution in [-0.2, 0) is 0 Å². The molecule has 1 aliphatic heterocycles. The molecular weight excluding hydrogens is 385 g/mol. The molecule has 0 unspecified atom stereocenters. The van der Waals surface area contributed by atoms with Crippen LogP contribution < -0.4 is 15.5 Å². The van der Waals surface area contributed by atoms with Gasteiger partial charge in [0.25, 0.3) is 5.91 Å². The number of carbonyl (C=O) groups excluding carboxylic acids is 1. The number of nitrogens with zero attached hydrogens (tertiary/aromatic N) is 1. The Morgan fingerprint density at radius 3 is 2.48 bits per heavy atom. The van der Waals surface area contributed by atoms with Gasteiger partial charge in [0, 0.05) is 24.3 Å². The molecule has 0 saturated carbocycles. The van der Waals surface area contributed by atoms with Gasteiger partial charge in [-0.1, -0.05) is 18.5 Å². The summed E-state index contributed by atoms with van der Waals surface area (Å²) in [5.74, 6) is -0.0501. The summed E-state index contributed by atoms with van der Waals surface area (Å²) >= 11 is 11.6. The molecule has 0 spiro atoms. The van der Waals surface area contributed by atoms with Gasteiger partial charge < -0.3 is 10.2 Å². The van der Waals surface area contributed by atoms with Gasteiger partial charge in [-0.15, -0.1) is 0 Å². The van der Waals surface area contributed by atoms with Crippen LogP contribution in [0.25, 0.3) is 0 Å². The maximum absolute atomic E-state index is 12.9. The lowest BCUT2D eigenvalue weighted by Gasteiger charge is -2.32. The molecule has 2 aromatic carbocycles. The van der Waals surface area contributed by atoms with Crippen molar-refractivity contribution in [2.24, 2.45) is 5.92 Å². The van der Waals surface area contributed by atoms with Crippen LogP contribution in [0.1, 0.15) is 30.1 Å². The van der Waals surface area contributed by atoms with E-state index in [1.807, 2.05) is 12.1 Å². The highest BCUT2D eigenvalue weighted by Crippen LogP contribution is 2.31. The number of thiocarbonyl (C=S) groups is 1. The smallest absolute Gasteiger partial charge is 0.257 e. The first-order chi connectivity index (χ1) is 12.9. The van der Waals surface area contributed by atoms with Gasteiger partial charge in [0.2, 0.25) is 0 Å². The maximum Gasteiger partial charge on any atom is 0.257 e. The van der Waals surface area contributed by atoms with Crippen LogP contribution in [0.5, 0.6) is 0 Å². The number of amides is 1. The monoisotopic (exact) mass is 405 g/mol.